The summed E-state index contributed by atoms with van der Waals surface area (Å²) in [5.41, 5.74) is 1.23. The van der Waals surface area contributed by atoms with E-state index in [0.717, 1.165) is 0 Å². The molecule has 3 heteroatoms. The third kappa shape index (κ3) is 3.79. The van der Waals surface area contributed by atoms with Crippen molar-refractivity contribution < 1.29 is 18.9 Å². The predicted octanol–water partition coefficient (Wildman–Crippen LogP) is 0.612. The van der Waals surface area contributed by atoms with Gasteiger partial charge in [-0.05, 0) is 19.1 Å². The molecule has 0 aliphatic heterocycles. The van der Waals surface area contributed by atoms with Gasteiger partial charge < -0.3 is 4.99 Å². The molecule has 0 aromatic carbocycles. The average molecular weight is 213 g/mol. The van der Waals surface area contributed by atoms with E-state index in [-0.39, 0.29) is 18.9 Å². The van der Waals surface area contributed by atoms with Gasteiger partial charge in [0.2, 0.25) is 0 Å². The monoisotopic (exact) mass is 213 g/mol. The Kier molecular flexibility index (Phi) is 5.67. The van der Waals surface area contributed by atoms with Gasteiger partial charge in [0.15, 0.2) is 0 Å². The van der Waals surface area contributed by atoms with Crippen molar-refractivity contribution in [3.8, 4) is 0 Å². The molecule has 1 aromatic heterocycles. The van der Waals surface area contributed by atoms with Gasteiger partial charge in [0.25, 0.3) is 0 Å². The van der Waals surface area contributed by atoms with E-state index >= 15 is 0 Å². The molecule has 2 rings (SSSR count). The summed E-state index contributed by atoms with van der Waals surface area (Å²) in [6, 6.07) is 3.77. The Morgan fingerprint density at radius 3 is 2.73 bits per heavy atom. The van der Waals surface area contributed by atoms with Crippen LogP contribution in [0.1, 0.15) is 42.5 Å². The molecule has 0 radical (unpaired) electrons. The van der Waals surface area contributed by atoms with Crippen LogP contribution in [0.2, 0.25) is 0 Å². The summed E-state index contributed by atoms with van der Waals surface area (Å²) in [4.78, 5) is 5.93. The Morgan fingerprint density at radius 1 is 1.40 bits per heavy atom. The van der Waals surface area contributed by atoms with Crippen molar-refractivity contribution in [1.29, 1.82) is 0 Å². The first-order chi connectivity index (χ1) is 6.86. The van der Waals surface area contributed by atoms with Gasteiger partial charge in [-0.1, -0.05) is 26.2 Å². The molecular weight excluding hydrogens is 197 g/mol. The van der Waals surface area contributed by atoms with E-state index in [1.54, 1.807) is 11.3 Å². The van der Waals surface area contributed by atoms with E-state index in [1.165, 1.54) is 42.5 Å². The first-order valence-electron chi connectivity index (χ1n) is 5.35. The predicted molar refractivity (Wildman–Crippen MR) is 62.4 cm³/mol. The molecule has 0 amide bonds. The van der Waals surface area contributed by atoms with Gasteiger partial charge in [0, 0.05) is 6.04 Å². The third-order valence-electron chi connectivity index (χ3n) is 2.81. The van der Waals surface area contributed by atoms with Crippen molar-refractivity contribution in [1.82, 2.24) is 0 Å². The third-order valence-corrected chi connectivity index (χ3v) is 3.71. The molecule has 1 fully saturated rings. The van der Waals surface area contributed by atoms with Crippen LogP contribution < -0.4 is 18.9 Å². The normalized spacial score (nSPS) is 17.9. The van der Waals surface area contributed by atoms with Gasteiger partial charge in [0.05, 0.1) is 0 Å². The number of aliphatic imine (C=N–C) groups is 1. The van der Waals surface area contributed by atoms with Crippen LogP contribution in [-0.4, -0.2) is 12.3 Å². The summed E-state index contributed by atoms with van der Waals surface area (Å²) in [5, 5.41) is 2.01. The van der Waals surface area contributed by atoms with Gasteiger partial charge in [-0.3, -0.25) is 11.3 Å². The van der Waals surface area contributed by atoms with E-state index in [0.29, 0.717) is 6.04 Å². The minimum atomic E-state index is 0. The standard InChI is InChI=1S/C12H16NS.Li/c1-10-7-8-14-12(10)9-13-11-5-3-2-4-6-11;/h8-9,11H,2-6H2,1H3;/q-1;+1. The Hall–Kier alpha value is -0.0326. The van der Waals surface area contributed by atoms with E-state index in [4.69, 9.17) is 0 Å². The first kappa shape index (κ1) is 13.0. The van der Waals surface area contributed by atoms with Crippen LogP contribution in [0, 0.1) is 13.0 Å². The molecule has 15 heavy (non-hydrogen) atoms. The second kappa shape index (κ2) is 6.53. The zero-order chi connectivity index (χ0) is 9.80. The van der Waals surface area contributed by atoms with E-state index in [1.807, 2.05) is 11.6 Å². The number of hydrogen-bond acceptors (Lipinski definition) is 2. The van der Waals surface area contributed by atoms with E-state index < -0.39 is 0 Å². The molecule has 0 atom stereocenters. The maximum absolute atomic E-state index is 4.65. The number of thiophene rings is 1. The maximum atomic E-state index is 4.65. The SMILES string of the molecule is Cc1[c-]csc1C=NC1CCCCC1.[Li+]. The summed E-state index contributed by atoms with van der Waals surface area (Å²) >= 11 is 1.73. The van der Waals surface area contributed by atoms with Crippen molar-refractivity contribution in [3.63, 3.8) is 0 Å². The van der Waals surface area contributed by atoms with Crippen molar-refractivity contribution >= 4 is 17.6 Å². The minimum Gasteiger partial charge on any atom is -0.308 e. The van der Waals surface area contributed by atoms with Crippen LogP contribution in [0.5, 0.6) is 0 Å². The van der Waals surface area contributed by atoms with Gasteiger partial charge in [0.1, 0.15) is 0 Å². The zero-order valence-corrected chi connectivity index (χ0v) is 10.4. The fraction of sp³-hybridized carbons (Fsp3) is 0.583. The van der Waals surface area contributed by atoms with Crippen LogP contribution in [0.4, 0.5) is 0 Å². The summed E-state index contributed by atoms with van der Waals surface area (Å²) in [5.74, 6) is 0. The van der Waals surface area contributed by atoms with Gasteiger partial charge in [-0.2, -0.15) is 0 Å². The number of aryl methyl sites for hydroxylation is 1. The number of nitrogens with zero attached hydrogens (tertiary/aromatic N) is 1. The second-order valence-electron chi connectivity index (χ2n) is 3.94. The van der Waals surface area contributed by atoms with Crippen molar-refractivity contribution in [2.45, 2.75) is 45.1 Å². The fourth-order valence-corrected chi connectivity index (χ4v) is 2.59. The fourth-order valence-electron chi connectivity index (χ4n) is 1.87. The van der Waals surface area contributed by atoms with Crippen molar-refractivity contribution in [3.05, 3.63) is 21.9 Å². The average Bonchev–Trinajstić information content (AvgIpc) is 2.63. The Bertz CT molecular complexity index is 313. The zero-order valence-electron chi connectivity index (χ0n) is 9.62. The molecule has 1 nitrogen and oxygen atoms in total. The van der Waals surface area contributed by atoms with Crippen LogP contribution in [0.15, 0.2) is 10.4 Å². The molecule has 1 aliphatic carbocycles. The van der Waals surface area contributed by atoms with Crippen LogP contribution in [0.25, 0.3) is 0 Å². The first-order valence-corrected chi connectivity index (χ1v) is 6.23. The molecule has 1 saturated carbocycles. The summed E-state index contributed by atoms with van der Waals surface area (Å²) < 4.78 is 0. The molecule has 1 aliphatic rings. The van der Waals surface area contributed by atoms with Crippen LogP contribution in [-0.2, 0) is 0 Å². The van der Waals surface area contributed by atoms with Gasteiger partial charge in [-0.25, -0.2) is 11.6 Å². The topological polar surface area (TPSA) is 12.4 Å². The largest absolute Gasteiger partial charge is 1.00 e. The van der Waals surface area contributed by atoms with Gasteiger partial charge in [-0.15, -0.1) is 10.3 Å². The number of hydrogen-bond donors (Lipinski definition) is 0. The van der Waals surface area contributed by atoms with E-state index in [2.05, 4.69) is 18.0 Å². The Labute approximate surface area is 108 Å². The smallest absolute Gasteiger partial charge is 0.308 e. The molecule has 1 aromatic rings. The second-order valence-corrected chi connectivity index (χ2v) is 4.85. The van der Waals surface area contributed by atoms with Crippen molar-refractivity contribution in [2.24, 2.45) is 4.99 Å². The summed E-state index contributed by atoms with van der Waals surface area (Å²) in [6.07, 6.45) is 8.73. The molecular formula is C12H16LiNS. The Balaban J connectivity index is 0.00000112. The molecule has 1 heterocycles. The summed E-state index contributed by atoms with van der Waals surface area (Å²) in [7, 11) is 0. The molecule has 0 spiro atoms. The minimum absolute atomic E-state index is 0. The summed E-state index contributed by atoms with van der Waals surface area (Å²) in [6.45, 7) is 2.10. The maximum Gasteiger partial charge on any atom is 1.00 e. The van der Waals surface area contributed by atoms with Crippen LogP contribution in [0.3, 0.4) is 0 Å². The molecule has 0 N–H and O–H groups in total. The molecule has 0 saturated heterocycles. The van der Waals surface area contributed by atoms with Gasteiger partial charge >= 0.3 is 18.9 Å². The molecule has 0 bridgehead atoms. The Morgan fingerprint density at radius 2 is 2.13 bits per heavy atom. The van der Waals surface area contributed by atoms with Crippen molar-refractivity contribution in [2.75, 3.05) is 0 Å². The van der Waals surface area contributed by atoms with Crippen LogP contribution >= 0.6 is 11.3 Å². The van der Waals surface area contributed by atoms with E-state index in [9.17, 15) is 0 Å². The quantitative estimate of drug-likeness (QED) is 0.388. The molecule has 76 valence electrons. The number of rotatable bonds is 2. The molecule has 0 unspecified atom stereocenters.